The van der Waals surface area contributed by atoms with E-state index in [1.165, 1.54) is 0 Å². The van der Waals surface area contributed by atoms with Crippen molar-refractivity contribution in [1.82, 2.24) is 19.9 Å². The fourth-order valence-electron chi connectivity index (χ4n) is 3.01. The van der Waals surface area contributed by atoms with Gasteiger partial charge in [-0.05, 0) is 32.8 Å². The Bertz CT molecular complexity index is 680. The Morgan fingerprint density at radius 2 is 2.29 bits per heavy atom. The van der Waals surface area contributed by atoms with Gasteiger partial charge in [0.25, 0.3) is 5.91 Å². The van der Waals surface area contributed by atoms with Crippen LogP contribution in [0, 0.1) is 19.8 Å². The first-order valence-corrected chi connectivity index (χ1v) is 7.34. The molecule has 6 heteroatoms. The first-order valence-electron chi connectivity index (χ1n) is 7.34. The topological polar surface area (TPSA) is 79.5 Å². The number of aryl methyl sites for hydroxylation is 2. The summed E-state index contributed by atoms with van der Waals surface area (Å²) in [6, 6.07) is 1.93. The molecule has 2 atom stereocenters. The van der Waals surface area contributed by atoms with Gasteiger partial charge in [-0.1, -0.05) is 6.42 Å². The highest BCUT2D eigenvalue weighted by Crippen LogP contribution is 2.24. The van der Waals surface area contributed by atoms with Crippen LogP contribution in [0.25, 0.3) is 5.65 Å². The summed E-state index contributed by atoms with van der Waals surface area (Å²) < 4.78 is 1.67. The normalized spacial score (nSPS) is 21.9. The van der Waals surface area contributed by atoms with E-state index in [0.717, 1.165) is 30.7 Å². The molecule has 6 nitrogen and oxygen atoms in total. The molecule has 21 heavy (non-hydrogen) atoms. The standard InChI is InChI=1S/C15H20N4O2/c1-9-6-10(2)19-14(18-9)12(8-17-19)15(21)16-7-11-4-3-5-13(11)20/h6,8,11,13,20H,3-5,7H2,1-2H3,(H,16,21). The first kappa shape index (κ1) is 14.0. The van der Waals surface area contributed by atoms with Crippen molar-refractivity contribution in [2.75, 3.05) is 6.54 Å². The maximum absolute atomic E-state index is 12.3. The van der Waals surface area contributed by atoms with Crippen LogP contribution < -0.4 is 5.32 Å². The predicted molar refractivity (Wildman–Crippen MR) is 78.1 cm³/mol. The molecule has 2 unspecified atom stereocenters. The molecule has 0 radical (unpaired) electrons. The Labute approximate surface area is 123 Å². The SMILES string of the molecule is Cc1cc(C)n2ncc(C(=O)NCC3CCCC3O)c2n1. The van der Waals surface area contributed by atoms with E-state index < -0.39 is 0 Å². The second-order valence-electron chi connectivity index (χ2n) is 5.80. The zero-order valence-electron chi connectivity index (χ0n) is 12.3. The lowest BCUT2D eigenvalue weighted by atomic mass is 10.1. The molecule has 0 saturated heterocycles. The second-order valence-corrected chi connectivity index (χ2v) is 5.80. The van der Waals surface area contributed by atoms with Gasteiger partial charge in [-0.15, -0.1) is 0 Å². The van der Waals surface area contributed by atoms with Crippen molar-refractivity contribution in [3.05, 3.63) is 29.2 Å². The Balaban J connectivity index is 1.78. The number of fused-ring (bicyclic) bond motifs is 1. The molecule has 2 aromatic rings. The summed E-state index contributed by atoms with van der Waals surface area (Å²) in [5.74, 6) is -0.0196. The number of hydrogen-bond donors (Lipinski definition) is 2. The van der Waals surface area contributed by atoms with Gasteiger partial charge in [0, 0.05) is 23.9 Å². The number of nitrogens with one attached hydrogen (secondary N) is 1. The summed E-state index contributed by atoms with van der Waals surface area (Å²) in [5, 5.41) is 16.9. The van der Waals surface area contributed by atoms with Gasteiger partial charge in [0.2, 0.25) is 0 Å². The number of rotatable bonds is 3. The van der Waals surface area contributed by atoms with Crippen molar-refractivity contribution < 1.29 is 9.90 Å². The van der Waals surface area contributed by atoms with Crippen molar-refractivity contribution in [2.24, 2.45) is 5.92 Å². The van der Waals surface area contributed by atoms with E-state index >= 15 is 0 Å². The molecule has 1 aliphatic rings. The lowest BCUT2D eigenvalue weighted by Gasteiger charge is -2.14. The van der Waals surface area contributed by atoms with E-state index in [1.54, 1.807) is 10.7 Å². The van der Waals surface area contributed by atoms with E-state index in [2.05, 4.69) is 15.4 Å². The minimum Gasteiger partial charge on any atom is -0.393 e. The number of carbonyl (C=O) groups excluding carboxylic acids is 1. The zero-order chi connectivity index (χ0) is 15.0. The highest BCUT2D eigenvalue weighted by atomic mass is 16.3. The van der Waals surface area contributed by atoms with Gasteiger partial charge >= 0.3 is 0 Å². The van der Waals surface area contributed by atoms with Crippen molar-refractivity contribution in [3.8, 4) is 0 Å². The average Bonchev–Trinajstić information content (AvgIpc) is 3.02. The van der Waals surface area contributed by atoms with Gasteiger partial charge in [-0.2, -0.15) is 5.10 Å². The molecule has 1 aliphatic carbocycles. The minimum absolute atomic E-state index is 0.159. The molecule has 1 amide bonds. The van der Waals surface area contributed by atoms with E-state index in [4.69, 9.17) is 0 Å². The molecule has 1 saturated carbocycles. The van der Waals surface area contributed by atoms with Gasteiger partial charge in [0.1, 0.15) is 5.56 Å². The van der Waals surface area contributed by atoms with E-state index in [-0.39, 0.29) is 17.9 Å². The first-order chi connectivity index (χ1) is 10.1. The van der Waals surface area contributed by atoms with Crippen LogP contribution in [0.5, 0.6) is 0 Å². The molecular weight excluding hydrogens is 268 g/mol. The number of aliphatic hydroxyl groups excluding tert-OH is 1. The molecule has 2 aromatic heterocycles. The smallest absolute Gasteiger partial charge is 0.256 e. The third-order valence-corrected chi connectivity index (χ3v) is 4.17. The number of amides is 1. The van der Waals surface area contributed by atoms with Crippen LogP contribution in [0.15, 0.2) is 12.3 Å². The number of nitrogens with zero attached hydrogens (tertiary/aromatic N) is 3. The van der Waals surface area contributed by atoms with Gasteiger partial charge < -0.3 is 10.4 Å². The molecule has 2 N–H and O–H groups in total. The summed E-state index contributed by atoms with van der Waals surface area (Å²) in [6.07, 6.45) is 4.08. The average molecular weight is 288 g/mol. The largest absolute Gasteiger partial charge is 0.393 e. The molecule has 112 valence electrons. The molecule has 0 aliphatic heterocycles. The summed E-state index contributed by atoms with van der Waals surface area (Å²) in [5.41, 5.74) is 2.87. The fraction of sp³-hybridized carbons (Fsp3) is 0.533. The molecule has 0 aromatic carbocycles. The van der Waals surface area contributed by atoms with E-state index in [1.807, 2.05) is 19.9 Å². The zero-order valence-corrected chi connectivity index (χ0v) is 12.3. The number of aromatic nitrogens is 3. The minimum atomic E-state index is -0.295. The highest BCUT2D eigenvalue weighted by Gasteiger charge is 2.26. The van der Waals surface area contributed by atoms with Gasteiger partial charge in [0.05, 0.1) is 12.3 Å². The highest BCUT2D eigenvalue weighted by molar-refractivity contribution is 5.99. The maximum Gasteiger partial charge on any atom is 0.256 e. The van der Waals surface area contributed by atoms with Crippen LogP contribution in [0.4, 0.5) is 0 Å². The Morgan fingerprint density at radius 3 is 3.00 bits per heavy atom. The molecule has 2 heterocycles. The molecule has 1 fully saturated rings. The van der Waals surface area contributed by atoms with Crippen LogP contribution >= 0.6 is 0 Å². The molecule has 0 spiro atoms. The van der Waals surface area contributed by atoms with Crippen molar-refractivity contribution in [3.63, 3.8) is 0 Å². The van der Waals surface area contributed by atoms with Crippen molar-refractivity contribution in [2.45, 2.75) is 39.2 Å². The third-order valence-electron chi connectivity index (χ3n) is 4.17. The number of carbonyl (C=O) groups is 1. The lowest BCUT2D eigenvalue weighted by molar-refractivity contribution is 0.0918. The number of hydrogen-bond acceptors (Lipinski definition) is 4. The second kappa shape index (κ2) is 5.44. The van der Waals surface area contributed by atoms with Gasteiger partial charge in [-0.3, -0.25) is 4.79 Å². The van der Waals surface area contributed by atoms with Gasteiger partial charge in [-0.25, -0.2) is 9.50 Å². The van der Waals surface area contributed by atoms with Gasteiger partial charge in [0.15, 0.2) is 5.65 Å². The summed E-state index contributed by atoms with van der Waals surface area (Å²) in [6.45, 7) is 4.34. The van der Waals surface area contributed by atoms with Crippen LogP contribution in [0.3, 0.4) is 0 Å². The van der Waals surface area contributed by atoms with E-state index in [0.29, 0.717) is 17.8 Å². The summed E-state index contributed by atoms with van der Waals surface area (Å²) in [7, 11) is 0. The Morgan fingerprint density at radius 1 is 1.48 bits per heavy atom. The molecule has 0 bridgehead atoms. The Kier molecular flexibility index (Phi) is 3.63. The maximum atomic E-state index is 12.3. The fourth-order valence-corrected chi connectivity index (χ4v) is 3.01. The van der Waals surface area contributed by atoms with Crippen molar-refractivity contribution in [1.29, 1.82) is 0 Å². The van der Waals surface area contributed by atoms with Crippen LogP contribution in [0.1, 0.15) is 41.0 Å². The quantitative estimate of drug-likeness (QED) is 0.890. The van der Waals surface area contributed by atoms with Crippen molar-refractivity contribution >= 4 is 11.6 Å². The summed E-state index contributed by atoms with van der Waals surface area (Å²) in [4.78, 5) is 16.7. The van der Waals surface area contributed by atoms with E-state index in [9.17, 15) is 9.90 Å². The molecule has 3 rings (SSSR count). The third kappa shape index (κ3) is 2.63. The van der Waals surface area contributed by atoms with Crippen LogP contribution in [-0.2, 0) is 0 Å². The summed E-state index contributed by atoms with van der Waals surface area (Å²) >= 11 is 0. The molecular formula is C15H20N4O2. The van der Waals surface area contributed by atoms with Crippen LogP contribution in [0.2, 0.25) is 0 Å². The monoisotopic (exact) mass is 288 g/mol. The predicted octanol–water partition coefficient (Wildman–Crippen LogP) is 1.24. The Hall–Kier alpha value is -1.95. The van der Waals surface area contributed by atoms with Crippen LogP contribution in [-0.4, -0.2) is 38.3 Å². The lowest BCUT2D eigenvalue weighted by Crippen LogP contribution is -2.32. The number of aliphatic hydroxyl groups is 1.